The minimum Gasteiger partial charge on any atom is -0.314 e. The molecule has 0 saturated carbocycles. The molecule has 2 heteroatoms. The Morgan fingerprint density at radius 2 is 2.31 bits per heavy atom. The van der Waals surface area contributed by atoms with E-state index in [0.29, 0.717) is 0 Å². The van der Waals surface area contributed by atoms with Gasteiger partial charge in [-0.1, -0.05) is 13.8 Å². The maximum Gasteiger partial charge on any atom is 0.00678 e. The van der Waals surface area contributed by atoms with Crippen LogP contribution in [0.4, 0.5) is 0 Å². The smallest absolute Gasteiger partial charge is 0.00678 e. The molecule has 0 aromatic carbocycles. The minimum atomic E-state index is 0.847. The van der Waals surface area contributed by atoms with E-state index in [2.05, 4.69) is 30.9 Å². The molecule has 0 aliphatic carbocycles. The molecule has 1 heterocycles. The summed E-state index contributed by atoms with van der Waals surface area (Å²) < 4.78 is 0. The molecule has 1 fully saturated rings. The highest BCUT2D eigenvalue weighted by molar-refractivity contribution is 7.99. The summed E-state index contributed by atoms with van der Waals surface area (Å²) in [5, 5.41) is 3.55. The van der Waals surface area contributed by atoms with Crippen LogP contribution in [0, 0.1) is 5.92 Å². The van der Waals surface area contributed by atoms with Crippen LogP contribution in [0.2, 0.25) is 0 Å². The summed E-state index contributed by atoms with van der Waals surface area (Å²) in [5.41, 5.74) is 0. The topological polar surface area (TPSA) is 12.0 Å². The Morgan fingerprint density at radius 1 is 1.46 bits per heavy atom. The van der Waals surface area contributed by atoms with Crippen LogP contribution in [0.15, 0.2) is 0 Å². The number of rotatable bonds is 6. The number of hydrogen-bond donors (Lipinski definition) is 1. The summed E-state index contributed by atoms with van der Waals surface area (Å²) in [6, 6.07) is 0.847. The van der Waals surface area contributed by atoms with Crippen LogP contribution < -0.4 is 5.32 Å². The Bertz CT molecular complexity index is 119. The molecule has 1 nitrogen and oxygen atoms in total. The Morgan fingerprint density at radius 3 is 2.92 bits per heavy atom. The summed E-state index contributed by atoms with van der Waals surface area (Å²) >= 11 is 2.12. The van der Waals surface area contributed by atoms with Crippen molar-refractivity contribution in [1.82, 2.24) is 5.32 Å². The fourth-order valence-electron chi connectivity index (χ4n) is 1.75. The third kappa shape index (κ3) is 5.58. The van der Waals surface area contributed by atoms with Crippen molar-refractivity contribution in [2.45, 2.75) is 45.6 Å². The van der Waals surface area contributed by atoms with Crippen LogP contribution in [-0.4, -0.2) is 24.1 Å². The van der Waals surface area contributed by atoms with Gasteiger partial charge in [0, 0.05) is 6.04 Å². The first kappa shape index (κ1) is 11.4. The van der Waals surface area contributed by atoms with E-state index in [0.717, 1.165) is 12.0 Å². The molecule has 1 N–H and O–H groups in total. The second-order valence-electron chi connectivity index (χ2n) is 4.40. The van der Waals surface area contributed by atoms with E-state index in [1.54, 1.807) is 0 Å². The Hall–Kier alpha value is 0.310. The van der Waals surface area contributed by atoms with Gasteiger partial charge in [-0.15, -0.1) is 0 Å². The van der Waals surface area contributed by atoms with Crippen molar-refractivity contribution in [3.8, 4) is 0 Å². The first-order valence-electron chi connectivity index (χ1n) is 5.60. The lowest BCUT2D eigenvalue weighted by Gasteiger charge is -2.09. The molecule has 1 unspecified atom stereocenters. The summed E-state index contributed by atoms with van der Waals surface area (Å²) in [6.45, 7) is 5.85. The second-order valence-corrected chi connectivity index (χ2v) is 5.55. The predicted molar refractivity (Wildman–Crippen MR) is 62.4 cm³/mol. The highest BCUT2D eigenvalue weighted by atomic mass is 32.2. The molecule has 1 rings (SSSR count). The molecule has 1 saturated heterocycles. The molecule has 0 spiro atoms. The lowest BCUT2D eigenvalue weighted by Crippen LogP contribution is -2.21. The van der Waals surface area contributed by atoms with Gasteiger partial charge in [-0.3, -0.25) is 0 Å². The van der Waals surface area contributed by atoms with Gasteiger partial charge < -0.3 is 5.32 Å². The molecule has 0 bridgehead atoms. The minimum absolute atomic E-state index is 0.847. The van der Waals surface area contributed by atoms with Crippen molar-refractivity contribution in [3.05, 3.63) is 0 Å². The van der Waals surface area contributed by atoms with E-state index in [1.807, 2.05) is 0 Å². The van der Waals surface area contributed by atoms with Gasteiger partial charge in [-0.2, -0.15) is 11.8 Å². The zero-order chi connectivity index (χ0) is 9.52. The normalized spacial score (nSPS) is 22.8. The molecular weight excluding hydrogens is 178 g/mol. The average molecular weight is 201 g/mol. The first-order chi connectivity index (χ1) is 6.29. The van der Waals surface area contributed by atoms with Gasteiger partial charge in [0.05, 0.1) is 0 Å². The first-order valence-corrected chi connectivity index (χ1v) is 6.75. The summed E-state index contributed by atoms with van der Waals surface area (Å²) in [6.07, 6.45) is 5.60. The standard InChI is InChI=1S/C11H23NS/c1-10(2)9-13-8-4-6-11-5-3-7-12-11/h10-12H,3-9H2,1-2H3. The van der Waals surface area contributed by atoms with Gasteiger partial charge in [0.15, 0.2) is 0 Å². The molecule has 78 valence electrons. The summed E-state index contributed by atoms with van der Waals surface area (Å²) in [4.78, 5) is 0. The van der Waals surface area contributed by atoms with Gasteiger partial charge in [-0.05, 0) is 49.7 Å². The van der Waals surface area contributed by atoms with Crippen molar-refractivity contribution >= 4 is 11.8 Å². The molecule has 1 atom stereocenters. The van der Waals surface area contributed by atoms with E-state index >= 15 is 0 Å². The lowest BCUT2D eigenvalue weighted by molar-refractivity contribution is 0.553. The van der Waals surface area contributed by atoms with Gasteiger partial charge >= 0.3 is 0 Å². The van der Waals surface area contributed by atoms with Crippen LogP contribution in [0.5, 0.6) is 0 Å². The molecule has 1 aliphatic heterocycles. The molecule has 0 amide bonds. The van der Waals surface area contributed by atoms with Gasteiger partial charge in [0.25, 0.3) is 0 Å². The van der Waals surface area contributed by atoms with Crippen LogP contribution in [0.25, 0.3) is 0 Å². The maximum atomic E-state index is 3.55. The SMILES string of the molecule is CC(C)CSCCCC1CCCN1. The third-order valence-corrected chi connectivity index (χ3v) is 3.93. The van der Waals surface area contributed by atoms with E-state index in [9.17, 15) is 0 Å². The van der Waals surface area contributed by atoms with Crippen molar-refractivity contribution in [1.29, 1.82) is 0 Å². The number of hydrogen-bond acceptors (Lipinski definition) is 2. The average Bonchev–Trinajstić information content (AvgIpc) is 2.55. The summed E-state index contributed by atoms with van der Waals surface area (Å²) in [7, 11) is 0. The van der Waals surface area contributed by atoms with Crippen molar-refractivity contribution in [3.63, 3.8) is 0 Å². The number of nitrogens with one attached hydrogen (secondary N) is 1. The van der Waals surface area contributed by atoms with Crippen LogP contribution in [0.1, 0.15) is 39.5 Å². The largest absolute Gasteiger partial charge is 0.314 e. The second kappa shape index (κ2) is 6.72. The molecular formula is C11H23NS. The maximum absolute atomic E-state index is 3.55. The highest BCUT2D eigenvalue weighted by Gasteiger charge is 2.12. The molecule has 13 heavy (non-hydrogen) atoms. The van der Waals surface area contributed by atoms with Crippen LogP contribution >= 0.6 is 11.8 Å². The van der Waals surface area contributed by atoms with Crippen molar-refractivity contribution in [2.75, 3.05) is 18.1 Å². The summed E-state index contributed by atoms with van der Waals surface area (Å²) in [5.74, 6) is 3.55. The van der Waals surface area contributed by atoms with E-state index in [1.165, 1.54) is 43.7 Å². The monoisotopic (exact) mass is 201 g/mol. The zero-order valence-electron chi connectivity index (χ0n) is 9.01. The van der Waals surface area contributed by atoms with Crippen molar-refractivity contribution < 1.29 is 0 Å². The Kier molecular flexibility index (Phi) is 5.88. The van der Waals surface area contributed by atoms with Gasteiger partial charge in [0.2, 0.25) is 0 Å². The zero-order valence-corrected chi connectivity index (χ0v) is 9.83. The van der Waals surface area contributed by atoms with Gasteiger partial charge in [0.1, 0.15) is 0 Å². The highest BCUT2D eigenvalue weighted by Crippen LogP contribution is 2.14. The van der Waals surface area contributed by atoms with Crippen molar-refractivity contribution in [2.24, 2.45) is 5.92 Å². The molecule has 0 radical (unpaired) electrons. The van der Waals surface area contributed by atoms with Crippen LogP contribution in [-0.2, 0) is 0 Å². The van der Waals surface area contributed by atoms with E-state index in [-0.39, 0.29) is 0 Å². The quantitative estimate of drug-likeness (QED) is 0.663. The van der Waals surface area contributed by atoms with Crippen LogP contribution in [0.3, 0.4) is 0 Å². The predicted octanol–water partition coefficient (Wildman–Crippen LogP) is 2.91. The fraction of sp³-hybridized carbons (Fsp3) is 1.00. The lowest BCUT2D eigenvalue weighted by atomic mass is 10.1. The molecule has 0 aromatic heterocycles. The van der Waals surface area contributed by atoms with Gasteiger partial charge in [-0.25, -0.2) is 0 Å². The molecule has 1 aliphatic rings. The number of thioether (sulfide) groups is 1. The third-order valence-electron chi connectivity index (χ3n) is 2.45. The Labute approximate surface area is 87.1 Å². The molecule has 0 aromatic rings. The van der Waals surface area contributed by atoms with E-state index < -0.39 is 0 Å². The fourth-order valence-corrected chi connectivity index (χ4v) is 2.76. The van der Waals surface area contributed by atoms with E-state index in [4.69, 9.17) is 0 Å². The Balaban J connectivity index is 1.83.